The van der Waals surface area contributed by atoms with Crippen LogP contribution in [-0.4, -0.2) is 9.97 Å². The lowest BCUT2D eigenvalue weighted by Gasteiger charge is -2.17. The second-order valence-corrected chi connectivity index (χ2v) is 7.76. The van der Waals surface area contributed by atoms with Crippen LogP contribution in [0.1, 0.15) is 32.2 Å². The third-order valence-corrected chi connectivity index (χ3v) is 4.28. The van der Waals surface area contributed by atoms with E-state index in [0.717, 1.165) is 26.2 Å². The maximum Gasteiger partial charge on any atom is 0.136 e. The molecule has 0 saturated heterocycles. The summed E-state index contributed by atoms with van der Waals surface area (Å²) in [6.45, 7) is 6.34. The molecule has 1 aromatic carbocycles. The lowest BCUT2D eigenvalue weighted by Crippen LogP contribution is -2.16. The Morgan fingerprint density at radius 1 is 1.15 bits per heavy atom. The van der Waals surface area contributed by atoms with Gasteiger partial charge in [-0.15, -0.1) is 11.8 Å². The van der Waals surface area contributed by atoms with Crippen molar-refractivity contribution in [1.82, 2.24) is 9.97 Å². The molecule has 1 heterocycles. The normalized spacial score (nSPS) is 11.7. The third-order valence-electron chi connectivity index (χ3n) is 2.64. The average Bonchev–Trinajstić information content (AvgIpc) is 2.36. The standard InChI is InChI=1S/C15H16BrClN2S/c1-15(2,3)14-18-12(16)8-13(19-14)20-9-10-4-6-11(17)7-5-10/h4-8H,9H2,1-3H3. The van der Waals surface area contributed by atoms with E-state index in [-0.39, 0.29) is 5.41 Å². The molecule has 0 N–H and O–H groups in total. The predicted molar refractivity (Wildman–Crippen MR) is 89.4 cm³/mol. The molecule has 0 aliphatic heterocycles. The van der Waals surface area contributed by atoms with Crippen molar-refractivity contribution in [3.05, 3.63) is 51.3 Å². The Kier molecular flexibility index (Phi) is 5.10. The number of benzene rings is 1. The van der Waals surface area contributed by atoms with Gasteiger partial charge in [0.1, 0.15) is 15.5 Å². The maximum atomic E-state index is 5.89. The fourth-order valence-electron chi connectivity index (χ4n) is 1.54. The van der Waals surface area contributed by atoms with Crippen molar-refractivity contribution < 1.29 is 0 Å². The summed E-state index contributed by atoms with van der Waals surface area (Å²) in [5, 5.41) is 1.74. The first kappa shape index (κ1) is 15.8. The molecule has 1 aromatic heterocycles. The molecular weight excluding hydrogens is 356 g/mol. The van der Waals surface area contributed by atoms with E-state index >= 15 is 0 Å². The number of rotatable bonds is 3. The second-order valence-electron chi connectivity index (χ2n) is 5.52. The van der Waals surface area contributed by atoms with Crippen molar-refractivity contribution in [2.45, 2.75) is 37.0 Å². The Hall–Kier alpha value is -0.580. The van der Waals surface area contributed by atoms with Crippen molar-refractivity contribution in [3.63, 3.8) is 0 Å². The number of hydrogen-bond donors (Lipinski definition) is 0. The van der Waals surface area contributed by atoms with Crippen LogP contribution in [0.5, 0.6) is 0 Å². The van der Waals surface area contributed by atoms with Crippen LogP contribution < -0.4 is 0 Å². The van der Waals surface area contributed by atoms with E-state index in [2.05, 4.69) is 46.7 Å². The molecule has 0 spiro atoms. The van der Waals surface area contributed by atoms with E-state index < -0.39 is 0 Å². The fraction of sp³-hybridized carbons (Fsp3) is 0.333. The number of thioether (sulfide) groups is 1. The van der Waals surface area contributed by atoms with Gasteiger partial charge < -0.3 is 0 Å². The minimum atomic E-state index is -0.0562. The van der Waals surface area contributed by atoms with Crippen LogP contribution in [0.15, 0.2) is 40.0 Å². The third kappa shape index (κ3) is 4.47. The van der Waals surface area contributed by atoms with Gasteiger partial charge in [-0.1, -0.05) is 44.5 Å². The highest BCUT2D eigenvalue weighted by Crippen LogP contribution is 2.27. The molecule has 0 bridgehead atoms. The highest BCUT2D eigenvalue weighted by atomic mass is 79.9. The number of halogens is 2. The van der Waals surface area contributed by atoms with Gasteiger partial charge in [0.25, 0.3) is 0 Å². The van der Waals surface area contributed by atoms with Gasteiger partial charge in [-0.25, -0.2) is 9.97 Å². The van der Waals surface area contributed by atoms with Crippen LogP contribution >= 0.6 is 39.3 Å². The van der Waals surface area contributed by atoms with Crippen molar-refractivity contribution in [2.75, 3.05) is 0 Å². The number of nitrogens with zero attached hydrogens (tertiary/aromatic N) is 2. The largest absolute Gasteiger partial charge is 0.226 e. The molecule has 5 heteroatoms. The first-order chi connectivity index (χ1) is 9.34. The van der Waals surface area contributed by atoms with E-state index in [1.807, 2.05) is 30.3 Å². The van der Waals surface area contributed by atoms with Crippen LogP contribution in [-0.2, 0) is 11.2 Å². The van der Waals surface area contributed by atoms with Crippen molar-refractivity contribution in [2.24, 2.45) is 0 Å². The maximum absolute atomic E-state index is 5.89. The first-order valence-electron chi connectivity index (χ1n) is 6.27. The van der Waals surface area contributed by atoms with Gasteiger partial charge in [0.05, 0.1) is 0 Å². The van der Waals surface area contributed by atoms with Gasteiger partial charge in [0.2, 0.25) is 0 Å². The summed E-state index contributed by atoms with van der Waals surface area (Å²) in [6.07, 6.45) is 0. The smallest absolute Gasteiger partial charge is 0.136 e. The molecule has 0 aliphatic rings. The van der Waals surface area contributed by atoms with Crippen molar-refractivity contribution >= 4 is 39.3 Å². The minimum absolute atomic E-state index is 0.0562. The van der Waals surface area contributed by atoms with Gasteiger partial charge in [0.15, 0.2) is 0 Å². The summed E-state index contributed by atoms with van der Waals surface area (Å²) >= 11 is 11.0. The molecule has 2 aromatic rings. The zero-order chi connectivity index (χ0) is 14.8. The number of aromatic nitrogens is 2. The Morgan fingerprint density at radius 2 is 1.80 bits per heavy atom. The minimum Gasteiger partial charge on any atom is -0.226 e. The summed E-state index contributed by atoms with van der Waals surface area (Å²) in [5.74, 6) is 1.72. The molecule has 0 radical (unpaired) electrons. The van der Waals surface area contributed by atoms with Gasteiger partial charge in [-0.05, 0) is 33.6 Å². The van der Waals surface area contributed by atoms with E-state index in [9.17, 15) is 0 Å². The van der Waals surface area contributed by atoms with E-state index in [1.165, 1.54) is 5.56 Å². The van der Waals surface area contributed by atoms with E-state index in [0.29, 0.717) is 0 Å². The average molecular weight is 372 g/mol. The SMILES string of the molecule is CC(C)(C)c1nc(Br)cc(SCc2ccc(Cl)cc2)n1. The predicted octanol–water partition coefficient (Wildman–Crippen LogP) is 5.48. The molecule has 2 nitrogen and oxygen atoms in total. The van der Waals surface area contributed by atoms with Crippen molar-refractivity contribution in [3.8, 4) is 0 Å². The van der Waals surface area contributed by atoms with E-state index in [1.54, 1.807) is 11.8 Å². The lowest BCUT2D eigenvalue weighted by atomic mass is 9.96. The van der Waals surface area contributed by atoms with Crippen LogP contribution in [0.4, 0.5) is 0 Å². The summed E-state index contributed by atoms with van der Waals surface area (Å²) in [6, 6.07) is 9.85. The van der Waals surface area contributed by atoms with Crippen LogP contribution in [0.3, 0.4) is 0 Å². The zero-order valence-corrected chi connectivity index (χ0v) is 14.8. The quantitative estimate of drug-likeness (QED) is 0.527. The molecule has 2 rings (SSSR count). The van der Waals surface area contributed by atoms with Gasteiger partial charge in [-0.3, -0.25) is 0 Å². The molecule has 106 valence electrons. The van der Waals surface area contributed by atoms with Crippen LogP contribution in [0.2, 0.25) is 5.02 Å². The summed E-state index contributed by atoms with van der Waals surface area (Å²) in [7, 11) is 0. The summed E-state index contributed by atoms with van der Waals surface area (Å²) < 4.78 is 0.830. The first-order valence-corrected chi connectivity index (χ1v) is 8.42. The molecule has 0 amide bonds. The Morgan fingerprint density at radius 3 is 2.40 bits per heavy atom. The summed E-state index contributed by atoms with van der Waals surface area (Å²) in [4.78, 5) is 9.08. The molecule has 0 aliphatic carbocycles. The second kappa shape index (κ2) is 6.46. The Bertz CT molecular complexity index is 594. The molecular formula is C15H16BrClN2S. The molecule has 0 saturated carbocycles. The van der Waals surface area contributed by atoms with Crippen molar-refractivity contribution in [1.29, 1.82) is 0 Å². The molecule has 0 atom stereocenters. The topological polar surface area (TPSA) is 25.8 Å². The Balaban J connectivity index is 2.13. The van der Waals surface area contributed by atoms with Gasteiger partial charge in [0, 0.05) is 22.3 Å². The fourth-order valence-corrected chi connectivity index (χ4v) is 3.06. The zero-order valence-electron chi connectivity index (χ0n) is 11.7. The highest BCUT2D eigenvalue weighted by Gasteiger charge is 2.18. The molecule has 20 heavy (non-hydrogen) atoms. The van der Waals surface area contributed by atoms with Gasteiger partial charge in [-0.2, -0.15) is 0 Å². The lowest BCUT2D eigenvalue weighted by molar-refractivity contribution is 0.536. The summed E-state index contributed by atoms with van der Waals surface area (Å²) in [5.41, 5.74) is 1.17. The Labute approximate surface area is 137 Å². The van der Waals surface area contributed by atoms with Crippen LogP contribution in [0, 0.1) is 0 Å². The molecule has 0 unspecified atom stereocenters. The monoisotopic (exact) mass is 370 g/mol. The number of hydrogen-bond acceptors (Lipinski definition) is 3. The van der Waals surface area contributed by atoms with E-state index in [4.69, 9.17) is 11.6 Å². The van der Waals surface area contributed by atoms with Gasteiger partial charge >= 0.3 is 0 Å². The molecule has 0 fully saturated rings. The van der Waals surface area contributed by atoms with Crippen LogP contribution in [0.25, 0.3) is 0 Å². The highest BCUT2D eigenvalue weighted by molar-refractivity contribution is 9.10.